The van der Waals surface area contributed by atoms with Crippen LogP contribution < -0.4 is 5.32 Å². The van der Waals surface area contributed by atoms with E-state index < -0.39 is 0 Å². The van der Waals surface area contributed by atoms with Crippen LogP contribution in [0.4, 0.5) is 0 Å². The van der Waals surface area contributed by atoms with E-state index in [0.717, 1.165) is 71.4 Å². The van der Waals surface area contributed by atoms with Crippen LogP contribution in [0.3, 0.4) is 0 Å². The van der Waals surface area contributed by atoms with E-state index in [9.17, 15) is 0 Å². The zero-order valence-corrected chi connectivity index (χ0v) is 16.6. The molecule has 3 heterocycles. The Hall–Kier alpha value is -1.59. The van der Waals surface area contributed by atoms with Crippen LogP contribution in [-0.4, -0.2) is 63.5 Å². The van der Waals surface area contributed by atoms with Gasteiger partial charge in [0.1, 0.15) is 0 Å². The minimum Gasteiger partial charge on any atom is -0.381 e. The van der Waals surface area contributed by atoms with Gasteiger partial charge in [0.2, 0.25) is 0 Å². The van der Waals surface area contributed by atoms with Gasteiger partial charge < -0.3 is 19.7 Å². The first kappa shape index (κ1) is 18.8. The molecule has 0 radical (unpaired) electrons. The maximum Gasteiger partial charge on any atom is 0.193 e. The van der Waals surface area contributed by atoms with Crippen molar-refractivity contribution < 1.29 is 9.47 Å². The van der Waals surface area contributed by atoms with Crippen molar-refractivity contribution in [3.63, 3.8) is 0 Å². The van der Waals surface area contributed by atoms with Gasteiger partial charge in [0, 0.05) is 50.3 Å². The molecule has 0 bridgehead atoms. The molecule has 1 atom stereocenters. The van der Waals surface area contributed by atoms with Crippen LogP contribution in [0.25, 0.3) is 0 Å². The molecule has 3 aliphatic heterocycles. The van der Waals surface area contributed by atoms with E-state index >= 15 is 0 Å². The Bertz CT molecular complexity index is 634. The number of likely N-dealkylation sites (tertiary alicyclic amines) is 1. The zero-order valence-electron chi connectivity index (χ0n) is 16.6. The molecular weight excluding hydrogens is 338 g/mol. The highest BCUT2D eigenvalue weighted by molar-refractivity contribution is 5.80. The lowest BCUT2D eigenvalue weighted by Crippen LogP contribution is -2.43. The summed E-state index contributed by atoms with van der Waals surface area (Å²) < 4.78 is 11.4. The summed E-state index contributed by atoms with van der Waals surface area (Å²) >= 11 is 0. The third-order valence-corrected chi connectivity index (χ3v) is 6.63. The van der Waals surface area contributed by atoms with Gasteiger partial charge in [0.05, 0.1) is 13.2 Å². The zero-order chi connectivity index (χ0) is 18.6. The van der Waals surface area contributed by atoms with Crippen LogP contribution in [0.15, 0.2) is 35.3 Å². The van der Waals surface area contributed by atoms with Gasteiger partial charge in [-0.2, -0.15) is 0 Å². The van der Waals surface area contributed by atoms with Crippen LogP contribution in [0.1, 0.15) is 38.2 Å². The molecule has 1 spiro atoms. The van der Waals surface area contributed by atoms with E-state index in [-0.39, 0.29) is 5.41 Å². The topological polar surface area (TPSA) is 46.1 Å². The minimum atomic E-state index is 0.0913. The second-order valence-electron chi connectivity index (χ2n) is 8.40. The molecule has 5 heteroatoms. The lowest BCUT2D eigenvalue weighted by atomic mass is 9.74. The third-order valence-electron chi connectivity index (χ3n) is 6.63. The Morgan fingerprint density at radius 1 is 1.07 bits per heavy atom. The summed E-state index contributed by atoms with van der Waals surface area (Å²) in [5, 5.41) is 3.54. The first-order chi connectivity index (χ1) is 13.3. The summed E-state index contributed by atoms with van der Waals surface area (Å²) in [6, 6.07) is 10.9. The lowest BCUT2D eigenvalue weighted by molar-refractivity contribution is 0.0530. The van der Waals surface area contributed by atoms with Gasteiger partial charge in [-0.3, -0.25) is 4.99 Å². The number of hydrogen-bond acceptors (Lipinski definition) is 3. The van der Waals surface area contributed by atoms with E-state index in [2.05, 4.69) is 47.5 Å². The van der Waals surface area contributed by atoms with Gasteiger partial charge in [0.15, 0.2) is 5.96 Å². The predicted octanol–water partition coefficient (Wildman–Crippen LogP) is 2.81. The van der Waals surface area contributed by atoms with Gasteiger partial charge in [-0.25, -0.2) is 0 Å². The Morgan fingerprint density at radius 3 is 2.56 bits per heavy atom. The van der Waals surface area contributed by atoms with Crippen molar-refractivity contribution in [2.24, 2.45) is 10.4 Å². The van der Waals surface area contributed by atoms with Crippen molar-refractivity contribution in [3.05, 3.63) is 35.9 Å². The number of aliphatic imine (C=N–C) groups is 1. The first-order valence-corrected chi connectivity index (χ1v) is 10.5. The molecule has 27 heavy (non-hydrogen) atoms. The minimum absolute atomic E-state index is 0.0913. The van der Waals surface area contributed by atoms with Crippen LogP contribution in [0.5, 0.6) is 0 Å². The molecule has 1 unspecified atom stereocenters. The Balaban J connectivity index is 1.53. The Labute approximate surface area is 163 Å². The second kappa shape index (κ2) is 8.19. The highest BCUT2D eigenvalue weighted by atomic mass is 16.5. The van der Waals surface area contributed by atoms with Crippen molar-refractivity contribution in [2.45, 2.75) is 38.0 Å². The van der Waals surface area contributed by atoms with Crippen LogP contribution in [0, 0.1) is 5.41 Å². The molecule has 0 amide bonds. The fraction of sp³-hybridized carbons (Fsp3) is 0.682. The molecule has 1 aromatic carbocycles. The molecule has 3 fully saturated rings. The highest BCUT2D eigenvalue weighted by Gasteiger charge is 2.42. The molecule has 148 valence electrons. The SMILES string of the molecule is CCNC(=NCC1(c2ccccc2)CCOCC1)N1CCC2(CCOC2)C1. The molecule has 4 rings (SSSR count). The van der Waals surface area contributed by atoms with E-state index in [1.54, 1.807) is 0 Å². The molecular formula is C22H33N3O2. The molecule has 3 saturated heterocycles. The van der Waals surface area contributed by atoms with Crippen molar-refractivity contribution in [3.8, 4) is 0 Å². The van der Waals surface area contributed by atoms with Crippen molar-refractivity contribution in [1.29, 1.82) is 0 Å². The van der Waals surface area contributed by atoms with E-state index in [0.29, 0.717) is 5.41 Å². The average Bonchev–Trinajstić information content (AvgIpc) is 3.36. The summed E-state index contributed by atoms with van der Waals surface area (Å²) in [5.74, 6) is 1.07. The standard InChI is InChI=1S/C22H33N3O2/c1-2-23-20(25-12-8-21(17-25)9-13-27-18-21)24-16-22(10-14-26-15-11-22)19-6-4-3-5-7-19/h3-7H,2,8-18H2,1H3,(H,23,24). The number of hydrogen-bond donors (Lipinski definition) is 1. The summed E-state index contributed by atoms with van der Waals surface area (Å²) in [7, 11) is 0. The summed E-state index contributed by atoms with van der Waals surface area (Å²) in [6.07, 6.45) is 4.48. The lowest BCUT2D eigenvalue weighted by Gasteiger charge is -2.37. The second-order valence-corrected chi connectivity index (χ2v) is 8.40. The molecule has 3 aliphatic rings. The Morgan fingerprint density at radius 2 is 1.85 bits per heavy atom. The third kappa shape index (κ3) is 3.99. The summed E-state index contributed by atoms with van der Waals surface area (Å²) in [6.45, 7) is 9.50. The normalized spacial score (nSPS) is 28.0. The summed E-state index contributed by atoms with van der Waals surface area (Å²) in [5.41, 5.74) is 1.84. The first-order valence-electron chi connectivity index (χ1n) is 10.5. The fourth-order valence-electron chi connectivity index (χ4n) is 4.83. The van der Waals surface area contributed by atoms with Gasteiger partial charge in [-0.1, -0.05) is 30.3 Å². The van der Waals surface area contributed by atoms with Crippen molar-refractivity contribution in [2.75, 3.05) is 52.6 Å². The molecule has 0 aliphatic carbocycles. The number of rotatable bonds is 4. The van der Waals surface area contributed by atoms with Gasteiger partial charge >= 0.3 is 0 Å². The van der Waals surface area contributed by atoms with Gasteiger partial charge in [-0.05, 0) is 38.2 Å². The van der Waals surface area contributed by atoms with Crippen molar-refractivity contribution in [1.82, 2.24) is 10.2 Å². The fourth-order valence-corrected chi connectivity index (χ4v) is 4.83. The molecule has 0 aromatic heterocycles. The quantitative estimate of drug-likeness (QED) is 0.653. The Kier molecular flexibility index (Phi) is 5.69. The van der Waals surface area contributed by atoms with E-state index in [1.807, 2.05) is 0 Å². The van der Waals surface area contributed by atoms with E-state index in [4.69, 9.17) is 14.5 Å². The highest BCUT2D eigenvalue weighted by Crippen LogP contribution is 2.39. The molecule has 0 saturated carbocycles. The number of benzene rings is 1. The maximum atomic E-state index is 5.70. The predicted molar refractivity (Wildman–Crippen MR) is 108 cm³/mol. The number of ether oxygens (including phenoxy) is 2. The van der Waals surface area contributed by atoms with Gasteiger partial charge in [-0.15, -0.1) is 0 Å². The van der Waals surface area contributed by atoms with Crippen molar-refractivity contribution >= 4 is 5.96 Å². The largest absolute Gasteiger partial charge is 0.381 e. The van der Waals surface area contributed by atoms with Crippen LogP contribution in [-0.2, 0) is 14.9 Å². The number of nitrogens with zero attached hydrogens (tertiary/aromatic N) is 2. The van der Waals surface area contributed by atoms with E-state index in [1.165, 1.54) is 18.4 Å². The number of guanidine groups is 1. The monoisotopic (exact) mass is 371 g/mol. The maximum absolute atomic E-state index is 5.70. The summed E-state index contributed by atoms with van der Waals surface area (Å²) in [4.78, 5) is 7.61. The number of nitrogens with one attached hydrogen (secondary N) is 1. The molecule has 1 N–H and O–H groups in total. The van der Waals surface area contributed by atoms with Gasteiger partial charge in [0.25, 0.3) is 0 Å². The molecule has 1 aromatic rings. The smallest absolute Gasteiger partial charge is 0.193 e. The van der Waals surface area contributed by atoms with Crippen LogP contribution >= 0.6 is 0 Å². The van der Waals surface area contributed by atoms with Crippen LogP contribution in [0.2, 0.25) is 0 Å². The molecule has 5 nitrogen and oxygen atoms in total. The average molecular weight is 372 g/mol.